The minimum atomic E-state index is -0.500. The summed E-state index contributed by atoms with van der Waals surface area (Å²) in [7, 11) is 1.32. The average Bonchev–Trinajstić information content (AvgIpc) is 2.57. The highest BCUT2D eigenvalue weighted by Crippen LogP contribution is 2.20. The average molecular weight is 251 g/mol. The number of halogens is 1. The lowest BCUT2D eigenvalue weighted by Crippen LogP contribution is -2.43. The fourth-order valence-electron chi connectivity index (χ4n) is 1.80. The molecule has 0 unspecified atom stereocenters. The lowest BCUT2D eigenvalue weighted by atomic mass is 10.1. The molecule has 6 heteroatoms. The molecular formula is C10H19ClN2O3. The minimum absolute atomic E-state index is 0. The Morgan fingerprint density at radius 2 is 2.00 bits per heavy atom. The van der Waals surface area contributed by atoms with Gasteiger partial charge in [-0.3, -0.25) is 4.79 Å². The molecule has 0 aromatic rings. The third kappa shape index (κ3) is 3.09. The van der Waals surface area contributed by atoms with Gasteiger partial charge < -0.3 is 15.4 Å². The Bertz CT molecular complexity index is 271. The van der Waals surface area contributed by atoms with Gasteiger partial charge in [0.15, 0.2) is 0 Å². The van der Waals surface area contributed by atoms with Gasteiger partial charge in [0.25, 0.3) is 0 Å². The molecule has 2 N–H and O–H groups in total. The van der Waals surface area contributed by atoms with Crippen LogP contribution in [0.4, 0.5) is 0 Å². The molecule has 0 bridgehead atoms. The number of hydrogen-bond donors (Lipinski definition) is 1. The molecule has 1 aliphatic heterocycles. The Kier molecular flexibility index (Phi) is 5.75. The van der Waals surface area contributed by atoms with Gasteiger partial charge in [-0.2, -0.15) is 0 Å². The van der Waals surface area contributed by atoms with E-state index < -0.39 is 6.04 Å². The second-order valence-electron chi connectivity index (χ2n) is 4.18. The van der Waals surface area contributed by atoms with Crippen LogP contribution in [0.1, 0.15) is 20.3 Å². The lowest BCUT2D eigenvalue weighted by Gasteiger charge is -2.24. The highest BCUT2D eigenvalue weighted by molar-refractivity contribution is 5.86. The monoisotopic (exact) mass is 250 g/mol. The van der Waals surface area contributed by atoms with Crippen molar-refractivity contribution in [3.05, 3.63) is 0 Å². The SMILES string of the molecule is COC(=O)[C@H]1C[C@@H](N)CN1C(=O)C(C)C.Cl. The van der Waals surface area contributed by atoms with Gasteiger partial charge in [-0.05, 0) is 6.42 Å². The summed E-state index contributed by atoms with van der Waals surface area (Å²) in [5, 5.41) is 0. The first-order valence-corrected chi connectivity index (χ1v) is 5.11. The summed E-state index contributed by atoms with van der Waals surface area (Å²) in [6.07, 6.45) is 0.491. The molecule has 0 aliphatic carbocycles. The van der Waals surface area contributed by atoms with E-state index in [-0.39, 0.29) is 36.2 Å². The maximum Gasteiger partial charge on any atom is 0.328 e. The van der Waals surface area contributed by atoms with E-state index in [0.717, 1.165) is 0 Å². The van der Waals surface area contributed by atoms with E-state index in [1.807, 2.05) is 0 Å². The third-order valence-electron chi connectivity index (χ3n) is 2.58. The number of amides is 1. The van der Waals surface area contributed by atoms with E-state index >= 15 is 0 Å². The maximum absolute atomic E-state index is 11.8. The summed E-state index contributed by atoms with van der Waals surface area (Å²) in [4.78, 5) is 24.7. The highest BCUT2D eigenvalue weighted by atomic mass is 35.5. The normalized spacial score (nSPS) is 24.2. The zero-order valence-electron chi connectivity index (χ0n) is 9.80. The van der Waals surface area contributed by atoms with Crippen molar-refractivity contribution in [3.63, 3.8) is 0 Å². The van der Waals surface area contributed by atoms with Crippen LogP contribution in [0.25, 0.3) is 0 Å². The zero-order chi connectivity index (χ0) is 11.6. The summed E-state index contributed by atoms with van der Waals surface area (Å²) in [5.41, 5.74) is 5.74. The molecule has 2 atom stereocenters. The molecule has 94 valence electrons. The van der Waals surface area contributed by atoms with Crippen LogP contribution >= 0.6 is 12.4 Å². The van der Waals surface area contributed by atoms with Crippen LogP contribution < -0.4 is 5.73 Å². The number of carbonyl (C=O) groups excluding carboxylic acids is 2. The van der Waals surface area contributed by atoms with Gasteiger partial charge in [0, 0.05) is 18.5 Å². The number of nitrogens with two attached hydrogens (primary N) is 1. The second kappa shape index (κ2) is 6.06. The van der Waals surface area contributed by atoms with Gasteiger partial charge in [0.2, 0.25) is 5.91 Å². The quantitative estimate of drug-likeness (QED) is 0.709. The molecule has 1 heterocycles. The maximum atomic E-state index is 11.8. The van der Waals surface area contributed by atoms with Crippen molar-refractivity contribution < 1.29 is 14.3 Å². The molecule has 1 amide bonds. The fraction of sp³-hybridized carbons (Fsp3) is 0.800. The van der Waals surface area contributed by atoms with Crippen molar-refractivity contribution in [1.82, 2.24) is 4.90 Å². The Balaban J connectivity index is 0.00000225. The molecule has 1 saturated heterocycles. The van der Waals surface area contributed by atoms with Gasteiger partial charge in [-0.15, -0.1) is 12.4 Å². The summed E-state index contributed by atoms with van der Waals surface area (Å²) < 4.78 is 4.65. The van der Waals surface area contributed by atoms with Crippen LogP contribution in [0.2, 0.25) is 0 Å². The number of rotatable bonds is 2. The van der Waals surface area contributed by atoms with Crippen molar-refractivity contribution in [2.75, 3.05) is 13.7 Å². The summed E-state index contributed by atoms with van der Waals surface area (Å²) in [6, 6.07) is -0.628. The van der Waals surface area contributed by atoms with Gasteiger partial charge in [-0.25, -0.2) is 4.79 Å². The van der Waals surface area contributed by atoms with Crippen LogP contribution in [-0.4, -0.2) is 42.5 Å². The zero-order valence-corrected chi connectivity index (χ0v) is 10.6. The van der Waals surface area contributed by atoms with Crippen LogP contribution in [0, 0.1) is 5.92 Å². The molecule has 0 aromatic carbocycles. The lowest BCUT2D eigenvalue weighted by molar-refractivity contribution is -0.152. The molecule has 0 aromatic heterocycles. The smallest absolute Gasteiger partial charge is 0.328 e. The molecule has 0 spiro atoms. The fourth-order valence-corrected chi connectivity index (χ4v) is 1.80. The first-order valence-electron chi connectivity index (χ1n) is 5.11. The van der Waals surface area contributed by atoms with Gasteiger partial charge in [0.05, 0.1) is 7.11 Å². The number of methoxy groups -OCH3 is 1. The summed E-state index contributed by atoms with van der Waals surface area (Å²) in [5.74, 6) is -0.544. The van der Waals surface area contributed by atoms with Crippen LogP contribution in [0.15, 0.2) is 0 Å². The standard InChI is InChI=1S/C10H18N2O3.ClH/c1-6(2)9(13)12-5-7(11)4-8(12)10(14)15-3;/h6-8H,4-5,11H2,1-3H3;1H/t7-,8-;/m1./s1. The summed E-state index contributed by atoms with van der Waals surface area (Å²) >= 11 is 0. The van der Waals surface area contributed by atoms with E-state index in [1.54, 1.807) is 13.8 Å². The van der Waals surface area contributed by atoms with Crippen LogP contribution in [-0.2, 0) is 14.3 Å². The number of esters is 1. The molecule has 1 rings (SSSR count). The molecule has 0 saturated carbocycles. The largest absolute Gasteiger partial charge is 0.467 e. The van der Waals surface area contributed by atoms with Gasteiger partial charge in [-0.1, -0.05) is 13.8 Å². The van der Waals surface area contributed by atoms with Crippen LogP contribution in [0.3, 0.4) is 0 Å². The molecule has 16 heavy (non-hydrogen) atoms. The minimum Gasteiger partial charge on any atom is -0.467 e. The van der Waals surface area contributed by atoms with Crippen LogP contribution in [0.5, 0.6) is 0 Å². The Hall–Kier alpha value is -0.810. The van der Waals surface area contributed by atoms with E-state index in [0.29, 0.717) is 13.0 Å². The van der Waals surface area contributed by atoms with Crippen molar-refractivity contribution in [1.29, 1.82) is 0 Å². The van der Waals surface area contributed by atoms with E-state index in [2.05, 4.69) is 4.74 Å². The second-order valence-corrected chi connectivity index (χ2v) is 4.18. The summed E-state index contributed by atoms with van der Waals surface area (Å²) in [6.45, 7) is 4.05. The number of carbonyl (C=O) groups is 2. The van der Waals surface area contributed by atoms with Crippen molar-refractivity contribution in [3.8, 4) is 0 Å². The molecule has 1 fully saturated rings. The Morgan fingerprint density at radius 1 is 1.44 bits per heavy atom. The number of nitrogens with zero attached hydrogens (tertiary/aromatic N) is 1. The van der Waals surface area contributed by atoms with Crippen molar-refractivity contribution in [2.24, 2.45) is 11.7 Å². The number of likely N-dealkylation sites (tertiary alicyclic amines) is 1. The molecule has 5 nitrogen and oxygen atoms in total. The first kappa shape index (κ1) is 15.2. The van der Waals surface area contributed by atoms with Gasteiger partial charge >= 0.3 is 5.97 Å². The highest BCUT2D eigenvalue weighted by Gasteiger charge is 2.39. The predicted octanol–water partition coefficient (Wildman–Crippen LogP) is 0.165. The molecular weight excluding hydrogens is 232 g/mol. The van der Waals surface area contributed by atoms with E-state index in [4.69, 9.17) is 5.73 Å². The van der Waals surface area contributed by atoms with Crippen molar-refractivity contribution in [2.45, 2.75) is 32.4 Å². The van der Waals surface area contributed by atoms with Gasteiger partial charge in [0.1, 0.15) is 6.04 Å². The first-order chi connectivity index (χ1) is 6.97. The predicted molar refractivity (Wildman–Crippen MR) is 62.2 cm³/mol. The van der Waals surface area contributed by atoms with Crippen molar-refractivity contribution >= 4 is 24.3 Å². The number of ether oxygens (including phenoxy) is 1. The Morgan fingerprint density at radius 3 is 2.44 bits per heavy atom. The topological polar surface area (TPSA) is 72.6 Å². The van der Waals surface area contributed by atoms with E-state index in [1.165, 1.54) is 12.0 Å². The van der Waals surface area contributed by atoms with E-state index in [9.17, 15) is 9.59 Å². The Labute approximate surface area is 102 Å². The molecule has 1 aliphatic rings. The third-order valence-corrected chi connectivity index (χ3v) is 2.58. The number of hydrogen-bond acceptors (Lipinski definition) is 4. The molecule has 0 radical (unpaired) electrons.